The van der Waals surface area contributed by atoms with E-state index in [1.165, 1.54) is 12.8 Å². The van der Waals surface area contributed by atoms with Crippen molar-refractivity contribution in [1.29, 1.82) is 0 Å². The van der Waals surface area contributed by atoms with Crippen LogP contribution in [0, 0.1) is 11.8 Å². The Bertz CT molecular complexity index is 260. The van der Waals surface area contributed by atoms with Crippen molar-refractivity contribution < 1.29 is 0 Å². The van der Waals surface area contributed by atoms with Gasteiger partial charge in [-0.15, -0.1) is 0 Å². The van der Waals surface area contributed by atoms with E-state index in [1.54, 1.807) is 0 Å². The van der Waals surface area contributed by atoms with Gasteiger partial charge in [-0.05, 0) is 44.0 Å². The molecule has 2 unspecified atom stereocenters. The molecular weight excluding hydrogens is 183 g/mol. The SMILES string of the molecule is CC1(P(C)(C)=S)C2C=CC1CC2. The molecule has 0 aromatic heterocycles. The van der Waals surface area contributed by atoms with E-state index in [4.69, 9.17) is 11.8 Å². The number of allylic oxidation sites excluding steroid dienone is 2. The van der Waals surface area contributed by atoms with Crippen LogP contribution < -0.4 is 0 Å². The molecule has 0 saturated heterocycles. The van der Waals surface area contributed by atoms with Gasteiger partial charge in [0.2, 0.25) is 0 Å². The molecule has 0 N–H and O–H groups in total. The average Bonchev–Trinajstić information content (AvgIpc) is 2.45. The van der Waals surface area contributed by atoms with Gasteiger partial charge in [-0.2, -0.15) is 0 Å². The number of fused-ring (bicyclic) bond motifs is 2. The third-order valence-corrected chi connectivity index (χ3v) is 8.19. The first-order chi connectivity index (χ1) is 5.46. The van der Waals surface area contributed by atoms with Crippen molar-refractivity contribution in [3.63, 3.8) is 0 Å². The monoisotopic (exact) mass is 200 g/mol. The molecule has 12 heavy (non-hydrogen) atoms. The maximum atomic E-state index is 5.72. The van der Waals surface area contributed by atoms with Crippen LogP contribution in [-0.4, -0.2) is 18.5 Å². The highest BCUT2D eigenvalue weighted by Gasteiger charge is 2.52. The van der Waals surface area contributed by atoms with Gasteiger partial charge in [0.15, 0.2) is 0 Å². The fourth-order valence-corrected chi connectivity index (χ4v) is 5.71. The van der Waals surface area contributed by atoms with Crippen molar-refractivity contribution in [2.75, 3.05) is 13.3 Å². The highest BCUT2D eigenvalue weighted by Crippen LogP contribution is 2.67. The van der Waals surface area contributed by atoms with Crippen LogP contribution in [0.25, 0.3) is 0 Å². The average molecular weight is 200 g/mol. The second-order valence-electron chi connectivity index (χ2n) is 4.75. The van der Waals surface area contributed by atoms with Crippen LogP contribution in [0.1, 0.15) is 19.8 Å². The molecule has 0 aromatic rings. The van der Waals surface area contributed by atoms with Gasteiger partial charge in [0, 0.05) is 5.16 Å². The summed E-state index contributed by atoms with van der Waals surface area (Å²) in [6, 6.07) is -1.10. The van der Waals surface area contributed by atoms with E-state index in [1.807, 2.05) is 0 Å². The summed E-state index contributed by atoms with van der Waals surface area (Å²) in [6.45, 7) is 7.07. The first kappa shape index (κ1) is 8.97. The summed E-state index contributed by atoms with van der Waals surface area (Å²) in [5.41, 5.74) is 0. The molecule has 2 rings (SSSR count). The van der Waals surface area contributed by atoms with Crippen LogP contribution in [0.3, 0.4) is 0 Å². The molecular formula is C10H17PS. The first-order valence-electron chi connectivity index (χ1n) is 4.69. The quantitative estimate of drug-likeness (QED) is 0.463. The summed E-state index contributed by atoms with van der Waals surface area (Å²) >= 11 is 5.72. The Balaban J connectivity index is 2.42. The minimum atomic E-state index is -1.10. The third-order valence-electron chi connectivity index (χ3n) is 4.03. The number of rotatable bonds is 1. The van der Waals surface area contributed by atoms with E-state index in [-0.39, 0.29) is 0 Å². The van der Waals surface area contributed by atoms with Crippen LogP contribution in [0.2, 0.25) is 0 Å². The lowest BCUT2D eigenvalue weighted by Gasteiger charge is -2.37. The highest BCUT2D eigenvalue weighted by atomic mass is 32.4. The van der Waals surface area contributed by atoms with E-state index < -0.39 is 6.04 Å². The molecule has 2 aliphatic carbocycles. The van der Waals surface area contributed by atoms with E-state index in [0.717, 1.165) is 11.8 Å². The van der Waals surface area contributed by atoms with Gasteiger partial charge in [-0.3, -0.25) is 0 Å². The lowest BCUT2D eigenvalue weighted by atomic mass is 9.98. The smallest absolute Gasteiger partial charge is 0.00880 e. The molecule has 0 nitrogen and oxygen atoms in total. The Kier molecular flexibility index (Phi) is 1.83. The van der Waals surface area contributed by atoms with Crippen molar-refractivity contribution in [3.05, 3.63) is 12.2 Å². The zero-order valence-corrected chi connectivity index (χ0v) is 9.79. The molecule has 0 aliphatic heterocycles. The molecule has 2 atom stereocenters. The molecule has 0 radical (unpaired) electrons. The summed E-state index contributed by atoms with van der Waals surface area (Å²) in [6.07, 6.45) is 7.61. The molecule has 0 aromatic carbocycles. The second-order valence-corrected chi connectivity index (χ2v) is 11.2. The van der Waals surface area contributed by atoms with E-state index in [0.29, 0.717) is 5.16 Å². The maximum Gasteiger partial charge on any atom is 0.00880 e. The fraction of sp³-hybridized carbons (Fsp3) is 0.800. The normalized spacial score (nSPS) is 45.6. The van der Waals surface area contributed by atoms with Crippen molar-refractivity contribution in [1.82, 2.24) is 0 Å². The van der Waals surface area contributed by atoms with Gasteiger partial charge in [-0.1, -0.05) is 30.9 Å². The lowest BCUT2D eigenvalue weighted by molar-refractivity contribution is 0.519. The molecule has 2 heteroatoms. The predicted molar refractivity (Wildman–Crippen MR) is 59.9 cm³/mol. The molecule has 2 aliphatic rings. The Morgan fingerprint density at radius 1 is 1.25 bits per heavy atom. The minimum Gasteiger partial charge on any atom is -0.0974 e. The van der Waals surface area contributed by atoms with Gasteiger partial charge in [0.1, 0.15) is 0 Å². The second kappa shape index (κ2) is 2.45. The van der Waals surface area contributed by atoms with Crippen LogP contribution >= 0.6 is 6.04 Å². The largest absolute Gasteiger partial charge is 0.0974 e. The Hall–Kier alpha value is 0.390. The number of hydrogen-bond acceptors (Lipinski definition) is 1. The Morgan fingerprint density at radius 3 is 1.83 bits per heavy atom. The van der Waals surface area contributed by atoms with Gasteiger partial charge in [-0.25, -0.2) is 0 Å². The van der Waals surface area contributed by atoms with Gasteiger partial charge in [0.05, 0.1) is 0 Å². The van der Waals surface area contributed by atoms with Gasteiger partial charge in [0.25, 0.3) is 0 Å². The fourth-order valence-electron chi connectivity index (χ4n) is 2.87. The first-order valence-corrected chi connectivity index (χ1v) is 8.39. The summed E-state index contributed by atoms with van der Waals surface area (Å²) in [4.78, 5) is 0. The van der Waals surface area contributed by atoms with Crippen molar-refractivity contribution in [2.24, 2.45) is 11.8 Å². The predicted octanol–water partition coefficient (Wildman–Crippen LogP) is 3.08. The molecule has 1 fully saturated rings. The van der Waals surface area contributed by atoms with E-state index in [2.05, 4.69) is 32.4 Å². The molecule has 0 amide bonds. The maximum absolute atomic E-state index is 5.72. The molecule has 2 bridgehead atoms. The summed E-state index contributed by atoms with van der Waals surface area (Å²) in [5.74, 6) is 1.62. The van der Waals surface area contributed by atoms with Crippen molar-refractivity contribution in [3.8, 4) is 0 Å². The van der Waals surface area contributed by atoms with Gasteiger partial charge < -0.3 is 0 Å². The van der Waals surface area contributed by atoms with Crippen LogP contribution in [0.5, 0.6) is 0 Å². The summed E-state index contributed by atoms with van der Waals surface area (Å²) < 4.78 is 0. The zero-order chi connectivity index (χ0) is 8.98. The van der Waals surface area contributed by atoms with Crippen LogP contribution in [0.15, 0.2) is 12.2 Å². The van der Waals surface area contributed by atoms with Crippen LogP contribution in [-0.2, 0) is 11.8 Å². The number of hydrogen-bond donors (Lipinski definition) is 0. The summed E-state index contributed by atoms with van der Waals surface area (Å²) in [7, 11) is 0. The Labute approximate surface area is 80.4 Å². The standard InChI is InChI=1S/C10H17PS/c1-10(11(2,3)12)8-4-5-9(10)7-6-8/h4-5,8-9H,6-7H2,1-3H3. The minimum absolute atomic E-state index is 0.475. The highest BCUT2D eigenvalue weighted by molar-refractivity contribution is 8.14. The van der Waals surface area contributed by atoms with Crippen molar-refractivity contribution >= 4 is 17.8 Å². The van der Waals surface area contributed by atoms with E-state index in [9.17, 15) is 0 Å². The van der Waals surface area contributed by atoms with Gasteiger partial charge >= 0.3 is 0 Å². The van der Waals surface area contributed by atoms with Crippen molar-refractivity contribution in [2.45, 2.75) is 24.9 Å². The molecule has 68 valence electrons. The Morgan fingerprint density at radius 2 is 1.67 bits per heavy atom. The molecule has 0 spiro atoms. The molecule has 0 heterocycles. The topological polar surface area (TPSA) is 0 Å². The van der Waals surface area contributed by atoms with Crippen LogP contribution in [0.4, 0.5) is 0 Å². The zero-order valence-electron chi connectivity index (χ0n) is 8.08. The molecule has 1 saturated carbocycles. The lowest BCUT2D eigenvalue weighted by Crippen LogP contribution is -2.30. The summed E-state index contributed by atoms with van der Waals surface area (Å²) in [5, 5.41) is 0.475. The van der Waals surface area contributed by atoms with E-state index >= 15 is 0 Å². The third kappa shape index (κ3) is 0.930.